The highest BCUT2D eigenvalue weighted by Crippen LogP contribution is 2.29. The summed E-state index contributed by atoms with van der Waals surface area (Å²) in [5.74, 6) is 1.21. The molecule has 130 valence electrons. The van der Waals surface area contributed by atoms with Crippen LogP contribution >= 0.6 is 0 Å². The van der Waals surface area contributed by atoms with Gasteiger partial charge in [-0.25, -0.2) is 15.0 Å². The second kappa shape index (κ2) is 7.56. The number of imidazole rings is 1. The van der Waals surface area contributed by atoms with Gasteiger partial charge in [-0.05, 0) is 18.6 Å². The minimum Gasteiger partial charge on any atom is -0.463 e. The molecule has 0 saturated heterocycles. The molecule has 8 nitrogen and oxygen atoms in total. The fraction of sp³-hybridized carbons (Fsp3) is 0.167. The maximum Gasteiger partial charge on any atom is 0.223 e. The van der Waals surface area contributed by atoms with Gasteiger partial charge in [0.2, 0.25) is 5.95 Å². The molecule has 0 aromatic carbocycles. The van der Waals surface area contributed by atoms with E-state index in [-0.39, 0.29) is 0 Å². The summed E-state index contributed by atoms with van der Waals surface area (Å²) >= 11 is 0. The fourth-order valence-electron chi connectivity index (χ4n) is 2.57. The molecule has 0 spiro atoms. The Morgan fingerprint density at radius 2 is 2.08 bits per heavy atom. The second-order valence-corrected chi connectivity index (χ2v) is 5.60. The molecular formula is C18H17N7O. The zero-order valence-electron chi connectivity index (χ0n) is 14.0. The molecule has 4 aromatic heterocycles. The van der Waals surface area contributed by atoms with Gasteiger partial charge in [0.15, 0.2) is 5.76 Å². The Morgan fingerprint density at radius 3 is 2.85 bits per heavy atom. The Kier molecular flexibility index (Phi) is 4.64. The van der Waals surface area contributed by atoms with Gasteiger partial charge in [0.1, 0.15) is 5.69 Å². The van der Waals surface area contributed by atoms with Crippen molar-refractivity contribution in [3.8, 4) is 22.7 Å². The first-order valence-corrected chi connectivity index (χ1v) is 8.27. The third-order valence-electron chi connectivity index (χ3n) is 3.82. The monoisotopic (exact) mass is 347 g/mol. The number of nitrogens with zero attached hydrogens (tertiary/aromatic N) is 6. The van der Waals surface area contributed by atoms with E-state index in [1.165, 1.54) is 0 Å². The number of anilines is 1. The fourth-order valence-corrected chi connectivity index (χ4v) is 2.57. The summed E-state index contributed by atoms with van der Waals surface area (Å²) in [6, 6.07) is 3.70. The summed E-state index contributed by atoms with van der Waals surface area (Å²) in [5, 5.41) is 3.25. The topological polar surface area (TPSA) is 94.6 Å². The van der Waals surface area contributed by atoms with Crippen LogP contribution in [-0.2, 0) is 6.54 Å². The number of furan rings is 1. The van der Waals surface area contributed by atoms with Crippen LogP contribution in [0.5, 0.6) is 0 Å². The molecule has 0 unspecified atom stereocenters. The minimum atomic E-state index is 0.551. The summed E-state index contributed by atoms with van der Waals surface area (Å²) in [7, 11) is 0. The predicted molar refractivity (Wildman–Crippen MR) is 96.1 cm³/mol. The van der Waals surface area contributed by atoms with Gasteiger partial charge >= 0.3 is 0 Å². The Morgan fingerprint density at radius 1 is 1.08 bits per heavy atom. The van der Waals surface area contributed by atoms with E-state index in [9.17, 15) is 0 Å². The van der Waals surface area contributed by atoms with Crippen molar-refractivity contribution < 1.29 is 4.42 Å². The molecule has 4 rings (SSSR count). The number of aryl methyl sites for hydroxylation is 1. The van der Waals surface area contributed by atoms with E-state index < -0.39 is 0 Å². The molecule has 1 N–H and O–H groups in total. The van der Waals surface area contributed by atoms with E-state index in [0.717, 1.165) is 25.1 Å². The lowest BCUT2D eigenvalue weighted by Gasteiger charge is -2.09. The first-order chi connectivity index (χ1) is 12.9. The van der Waals surface area contributed by atoms with Crippen LogP contribution in [0.4, 0.5) is 5.95 Å². The number of aromatic nitrogens is 6. The van der Waals surface area contributed by atoms with Crippen LogP contribution in [0.1, 0.15) is 6.42 Å². The van der Waals surface area contributed by atoms with E-state index in [1.807, 2.05) is 22.9 Å². The second-order valence-electron chi connectivity index (χ2n) is 5.60. The smallest absolute Gasteiger partial charge is 0.223 e. The van der Waals surface area contributed by atoms with Crippen molar-refractivity contribution in [1.82, 2.24) is 29.5 Å². The summed E-state index contributed by atoms with van der Waals surface area (Å²) in [6.07, 6.45) is 14.8. The van der Waals surface area contributed by atoms with Crippen molar-refractivity contribution in [2.24, 2.45) is 0 Å². The molecule has 0 aliphatic heterocycles. The molecule has 0 radical (unpaired) electrons. The number of rotatable bonds is 7. The van der Waals surface area contributed by atoms with Crippen LogP contribution < -0.4 is 5.32 Å². The van der Waals surface area contributed by atoms with Crippen LogP contribution in [-0.4, -0.2) is 36.0 Å². The highest BCUT2D eigenvalue weighted by atomic mass is 16.3. The van der Waals surface area contributed by atoms with Gasteiger partial charge in [0, 0.05) is 49.6 Å². The van der Waals surface area contributed by atoms with Crippen molar-refractivity contribution in [3.05, 3.63) is 61.9 Å². The largest absolute Gasteiger partial charge is 0.463 e. The highest BCUT2D eigenvalue weighted by Gasteiger charge is 2.14. The predicted octanol–water partition coefficient (Wildman–Crippen LogP) is 2.89. The average Bonchev–Trinajstić information content (AvgIpc) is 3.40. The first kappa shape index (κ1) is 15.9. The van der Waals surface area contributed by atoms with E-state index >= 15 is 0 Å². The molecule has 0 atom stereocenters. The summed E-state index contributed by atoms with van der Waals surface area (Å²) in [5.41, 5.74) is 2.16. The van der Waals surface area contributed by atoms with Crippen molar-refractivity contribution in [2.75, 3.05) is 11.9 Å². The van der Waals surface area contributed by atoms with Gasteiger partial charge in [0.05, 0.1) is 24.5 Å². The van der Waals surface area contributed by atoms with Gasteiger partial charge in [-0.2, -0.15) is 0 Å². The third-order valence-corrected chi connectivity index (χ3v) is 3.82. The van der Waals surface area contributed by atoms with Crippen molar-refractivity contribution in [1.29, 1.82) is 0 Å². The molecule has 8 heteroatoms. The first-order valence-electron chi connectivity index (χ1n) is 8.27. The van der Waals surface area contributed by atoms with Crippen LogP contribution in [0.3, 0.4) is 0 Å². The van der Waals surface area contributed by atoms with Crippen molar-refractivity contribution in [2.45, 2.75) is 13.0 Å². The summed E-state index contributed by atoms with van der Waals surface area (Å²) in [4.78, 5) is 21.5. The van der Waals surface area contributed by atoms with E-state index in [2.05, 4.69) is 30.2 Å². The van der Waals surface area contributed by atoms with Crippen LogP contribution in [0.2, 0.25) is 0 Å². The quantitative estimate of drug-likeness (QED) is 0.514. The summed E-state index contributed by atoms with van der Waals surface area (Å²) < 4.78 is 7.57. The zero-order valence-corrected chi connectivity index (χ0v) is 14.0. The van der Waals surface area contributed by atoms with Crippen LogP contribution in [0.15, 0.2) is 66.3 Å². The van der Waals surface area contributed by atoms with Crippen molar-refractivity contribution in [3.63, 3.8) is 0 Å². The molecule has 0 fully saturated rings. The maximum absolute atomic E-state index is 5.53. The Labute approximate surface area is 150 Å². The van der Waals surface area contributed by atoms with Gasteiger partial charge in [-0.1, -0.05) is 0 Å². The Balaban J connectivity index is 1.52. The molecule has 4 heterocycles. The normalized spacial score (nSPS) is 10.8. The Bertz CT molecular complexity index is 937. The van der Waals surface area contributed by atoms with E-state index in [0.29, 0.717) is 23.1 Å². The maximum atomic E-state index is 5.53. The lowest BCUT2D eigenvalue weighted by molar-refractivity contribution is 0.580. The minimum absolute atomic E-state index is 0.551. The number of nitrogens with one attached hydrogen (secondary N) is 1. The molecular weight excluding hydrogens is 330 g/mol. The molecule has 0 aliphatic carbocycles. The lowest BCUT2D eigenvalue weighted by atomic mass is 10.1. The zero-order chi connectivity index (χ0) is 17.6. The third kappa shape index (κ3) is 3.59. The molecule has 26 heavy (non-hydrogen) atoms. The number of hydrogen-bond acceptors (Lipinski definition) is 7. The molecule has 0 amide bonds. The molecule has 0 bridgehead atoms. The van der Waals surface area contributed by atoms with Gasteiger partial charge in [-0.15, -0.1) is 0 Å². The van der Waals surface area contributed by atoms with Crippen molar-refractivity contribution >= 4 is 5.95 Å². The van der Waals surface area contributed by atoms with Gasteiger partial charge < -0.3 is 14.3 Å². The highest BCUT2D eigenvalue weighted by molar-refractivity contribution is 5.76. The standard InChI is InChI=1S/C18H17N7O/c1-3-16(26-10-1)17-14(15-12-19-5-6-21-15)11-23-18(24-17)22-4-2-8-25-9-7-20-13-25/h1,3,5-7,9-13H,2,4,8H2,(H,22,23,24). The summed E-state index contributed by atoms with van der Waals surface area (Å²) in [6.45, 7) is 1.63. The molecule has 0 saturated carbocycles. The van der Waals surface area contributed by atoms with Crippen LogP contribution in [0.25, 0.3) is 22.7 Å². The average molecular weight is 347 g/mol. The Hall–Kier alpha value is -3.55. The molecule has 4 aromatic rings. The van der Waals surface area contributed by atoms with Crippen LogP contribution in [0, 0.1) is 0 Å². The van der Waals surface area contributed by atoms with Gasteiger partial charge in [0.25, 0.3) is 0 Å². The lowest BCUT2D eigenvalue weighted by Crippen LogP contribution is -2.09. The molecule has 0 aliphatic rings. The van der Waals surface area contributed by atoms with E-state index in [1.54, 1.807) is 43.6 Å². The number of hydrogen-bond donors (Lipinski definition) is 1. The van der Waals surface area contributed by atoms with Gasteiger partial charge in [-0.3, -0.25) is 9.97 Å². The SMILES string of the molecule is c1coc(-c2nc(NCCCn3ccnc3)ncc2-c2cnccn2)c1. The van der Waals surface area contributed by atoms with E-state index in [4.69, 9.17) is 4.42 Å².